The van der Waals surface area contributed by atoms with Crippen molar-refractivity contribution in [3.63, 3.8) is 0 Å². The van der Waals surface area contributed by atoms with Gasteiger partial charge in [-0.05, 0) is 37.6 Å². The van der Waals surface area contributed by atoms with Gasteiger partial charge in [0, 0.05) is 17.7 Å². The minimum absolute atomic E-state index is 0.0130. The van der Waals surface area contributed by atoms with E-state index in [1.807, 2.05) is 37.4 Å². The Hall–Kier alpha value is -2.87. The van der Waals surface area contributed by atoms with Gasteiger partial charge in [0.25, 0.3) is 0 Å². The van der Waals surface area contributed by atoms with Crippen LogP contribution in [0, 0.1) is 0 Å². The highest BCUT2D eigenvalue weighted by atomic mass is 32.1. The van der Waals surface area contributed by atoms with Gasteiger partial charge in [0.15, 0.2) is 11.5 Å². The fourth-order valence-electron chi connectivity index (χ4n) is 3.52. The van der Waals surface area contributed by atoms with Crippen molar-refractivity contribution in [3.8, 4) is 17.2 Å². The zero-order valence-corrected chi connectivity index (χ0v) is 17.7. The van der Waals surface area contributed by atoms with Crippen LogP contribution in [0.4, 0.5) is 5.69 Å². The summed E-state index contributed by atoms with van der Waals surface area (Å²) in [6, 6.07) is 5.78. The highest BCUT2D eigenvalue weighted by molar-refractivity contribution is 7.08. The van der Waals surface area contributed by atoms with Crippen LogP contribution in [0.2, 0.25) is 0 Å². The SMILES string of the molecule is CCOC(=O)C1=C2COc3cc(OC)c(OC(C)C)cc3N2C(c2ccsc2)N1. The molecule has 29 heavy (non-hydrogen) atoms. The number of rotatable bonds is 6. The number of anilines is 1. The molecule has 1 unspecified atom stereocenters. The zero-order valence-electron chi connectivity index (χ0n) is 16.9. The molecule has 154 valence electrons. The van der Waals surface area contributed by atoms with Crippen molar-refractivity contribution >= 4 is 23.0 Å². The van der Waals surface area contributed by atoms with E-state index in [1.165, 1.54) is 0 Å². The highest BCUT2D eigenvalue weighted by Crippen LogP contribution is 2.49. The van der Waals surface area contributed by atoms with E-state index in [4.69, 9.17) is 18.9 Å². The number of hydrogen-bond donors (Lipinski definition) is 1. The normalized spacial score (nSPS) is 17.4. The molecule has 0 bridgehead atoms. The average Bonchev–Trinajstić information content (AvgIpc) is 3.35. The molecule has 2 aliphatic rings. The minimum atomic E-state index is -0.385. The van der Waals surface area contributed by atoms with Crippen LogP contribution in [0.5, 0.6) is 17.2 Å². The Balaban J connectivity index is 1.83. The second kappa shape index (κ2) is 7.87. The fraction of sp³-hybridized carbons (Fsp3) is 0.381. The summed E-state index contributed by atoms with van der Waals surface area (Å²) in [4.78, 5) is 14.7. The lowest BCUT2D eigenvalue weighted by Gasteiger charge is -2.34. The topological polar surface area (TPSA) is 69.3 Å². The molecule has 0 fully saturated rings. The molecule has 1 aromatic carbocycles. The number of nitrogens with zero attached hydrogens (tertiary/aromatic N) is 1. The van der Waals surface area contributed by atoms with Gasteiger partial charge >= 0.3 is 5.97 Å². The van der Waals surface area contributed by atoms with Crippen molar-refractivity contribution in [3.05, 3.63) is 45.9 Å². The molecule has 4 rings (SSSR count). The molecule has 1 atom stereocenters. The molecular formula is C21H24N2O5S. The van der Waals surface area contributed by atoms with Crippen LogP contribution in [0.25, 0.3) is 0 Å². The molecule has 0 radical (unpaired) electrons. The molecule has 2 aliphatic heterocycles. The number of esters is 1. The van der Waals surface area contributed by atoms with Crippen molar-refractivity contribution in [1.82, 2.24) is 5.32 Å². The Labute approximate surface area is 173 Å². The van der Waals surface area contributed by atoms with Gasteiger partial charge in [-0.25, -0.2) is 4.79 Å². The third kappa shape index (κ3) is 3.48. The lowest BCUT2D eigenvalue weighted by Crippen LogP contribution is -2.33. The number of nitrogens with one attached hydrogen (secondary N) is 1. The quantitative estimate of drug-likeness (QED) is 0.718. The predicted molar refractivity (Wildman–Crippen MR) is 111 cm³/mol. The smallest absolute Gasteiger partial charge is 0.356 e. The number of benzene rings is 1. The number of methoxy groups -OCH3 is 1. The number of thiophene rings is 1. The minimum Gasteiger partial charge on any atom is -0.493 e. The third-order valence-electron chi connectivity index (χ3n) is 4.69. The number of fused-ring (bicyclic) bond motifs is 3. The molecule has 1 aromatic heterocycles. The molecule has 2 aromatic rings. The highest BCUT2D eigenvalue weighted by Gasteiger charge is 2.41. The summed E-state index contributed by atoms with van der Waals surface area (Å²) >= 11 is 1.61. The molecule has 3 heterocycles. The van der Waals surface area contributed by atoms with Crippen molar-refractivity contribution < 1.29 is 23.7 Å². The molecule has 0 amide bonds. The van der Waals surface area contributed by atoms with E-state index < -0.39 is 0 Å². The van der Waals surface area contributed by atoms with E-state index in [9.17, 15) is 4.79 Å². The van der Waals surface area contributed by atoms with Crippen LogP contribution in [0.1, 0.15) is 32.5 Å². The van der Waals surface area contributed by atoms with Crippen molar-refractivity contribution in [2.45, 2.75) is 33.0 Å². The maximum absolute atomic E-state index is 12.6. The Kier molecular flexibility index (Phi) is 5.27. The van der Waals surface area contributed by atoms with Crippen LogP contribution in [0.15, 0.2) is 40.4 Å². The Morgan fingerprint density at radius 1 is 1.38 bits per heavy atom. The van der Waals surface area contributed by atoms with Gasteiger partial charge in [-0.3, -0.25) is 0 Å². The lowest BCUT2D eigenvalue weighted by molar-refractivity contribution is -0.139. The molecule has 0 spiro atoms. The second-order valence-corrected chi connectivity index (χ2v) is 7.72. The van der Waals surface area contributed by atoms with E-state index in [-0.39, 0.29) is 24.8 Å². The van der Waals surface area contributed by atoms with E-state index >= 15 is 0 Å². The maximum atomic E-state index is 12.6. The first kappa shape index (κ1) is 19.4. The summed E-state index contributed by atoms with van der Waals surface area (Å²) in [7, 11) is 1.60. The van der Waals surface area contributed by atoms with E-state index in [2.05, 4.69) is 15.6 Å². The maximum Gasteiger partial charge on any atom is 0.356 e. The Morgan fingerprint density at radius 2 is 2.21 bits per heavy atom. The average molecular weight is 416 g/mol. The van der Waals surface area contributed by atoms with Crippen molar-refractivity contribution in [1.29, 1.82) is 0 Å². The standard InChI is InChI=1S/C21H24N2O5S/c1-5-26-21(24)19-15-10-27-16-9-17(25-4)18(28-12(2)3)8-14(16)23(15)20(22-19)13-6-7-29-11-13/h6-9,11-12,20,22H,5,10H2,1-4H3. The Morgan fingerprint density at radius 3 is 2.86 bits per heavy atom. The monoisotopic (exact) mass is 416 g/mol. The summed E-state index contributed by atoms with van der Waals surface area (Å²) in [5, 5.41) is 7.41. The van der Waals surface area contributed by atoms with Gasteiger partial charge in [0.2, 0.25) is 0 Å². The predicted octanol–water partition coefficient (Wildman–Crippen LogP) is 3.82. The van der Waals surface area contributed by atoms with E-state index in [0.29, 0.717) is 29.6 Å². The van der Waals surface area contributed by atoms with Gasteiger partial charge < -0.3 is 29.2 Å². The zero-order chi connectivity index (χ0) is 20.5. The largest absolute Gasteiger partial charge is 0.493 e. The van der Waals surface area contributed by atoms with Crippen LogP contribution < -0.4 is 24.4 Å². The first-order chi connectivity index (χ1) is 14.0. The summed E-state index contributed by atoms with van der Waals surface area (Å²) < 4.78 is 22.7. The second-order valence-electron chi connectivity index (χ2n) is 6.94. The number of carbonyl (C=O) groups excluding carboxylic acids is 1. The lowest BCUT2D eigenvalue weighted by atomic mass is 10.1. The summed E-state index contributed by atoms with van der Waals surface area (Å²) in [6.07, 6.45) is -0.250. The molecule has 0 saturated heterocycles. The van der Waals surface area contributed by atoms with Crippen LogP contribution in [-0.2, 0) is 9.53 Å². The third-order valence-corrected chi connectivity index (χ3v) is 5.39. The molecule has 0 saturated carbocycles. The van der Waals surface area contributed by atoms with E-state index in [0.717, 1.165) is 16.9 Å². The Bertz CT molecular complexity index is 939. The molecule has 8 heteroatoms. The van der Waals surface area contributed by atoms with Gasteiger partial charge in [-0.2, -0.15) is 11.3 Å². The van der Waals surface area contributed by atoms with Crippen molar-refractivity contribution in [2.24, 2.45) is 0 Å². The van der Waals surface area contributed by atoms with Gasteiger partial charge in [0.1, 0.15) is 24.2 Å². The first-order valence-electron chi connectivity index (χ1n) is 9.53. The van der Waals surface area contributed by atoms with Crippen LogP contribution in [-0.4, -0.2) is 32.4 Å². The van der Waals surface area contributed by atoms with Crippen LogP contribution in [0.3, 0.4) is 0 Å². The van der Waals surface area contributed by atoms with Gasteiger partial charge in [-0.15, -0.1) is 0 Å². The molecule has 0 aliphatic carbocycles. The summed E-state index contributed by atoms with van der Waals surface area (Å²) in [5.41, 5.74) is 3.04. The van der Waals surface area contributed by atoms with Crippen molar-refractivity contribution in [2.75, 3.05) is 25.2 Å². The first-order valence-corrected chi connectivity index (χ1v) is 10.5. The van der Waals surface area contributed by atoms with E-state index in [1.54, 1.807) is 25.4 Å². The molecular weight excluding hydrogens is 392 g/mol. The summed E-state index contributed by atoms with van der Waals surface area (Å²) in [5.74, 6) is 1.52. The number of hydrogen-bond acceptors (Lipinski definition) is 8. The van der Waals surface area contributed by atoms with Crippen LogP contribution >= 0.6 is 11.3 Å². The van der Waals surface area contributed by atoms with Gasteiger partial charge in [0.05, 0.1) is 31.2 Å². The fourth-order valence-corrected chi connectivity index (χ4v) is 4.20. The molecule has 1 N–H and O–H groups in total. The summed E-state index contributed by atoms with van der Waals surface area (Å²) in [6.45, 7) is 6.28. The molecule has 7 nitrogen and oxygen atoms in total. The number of carbonyl (C=O) groups is 1. The van der Waals surface area contributed by atoms with Gasteiger partial charge in [-0.1, -0.05) is 0 Å². The number of ether oxygens (including phenoxy) is 4.